The molecule has 0 unspecified atom stereocenters. The first-order valence-corrected chi connectivity index (χ1v) is 7.14. The van der Waals surface area contributed by atoms with E-state index in [1.807, 2.05) is 0 Å². The zero-order valence-corrected chi connectivity index (χ0v) is 13.0. The number of aliphatic hydroxyl groups is 2. The number of hydrogen-bond donors (Lipinski definition) is 6. The maximum atomic E-state index is 12.3. The molecule has 3 rings (SSSR count). The van der Waals surface area contributed by atoms with Crippen LogP contribution in [-0.2, 0) is 14.4 Å². The molecule has 0 aromatic heterocycles. The van der Waals surface area contributed by atoms with Gasteiger partial charge in [0.15, 0.2) is 5.78 Å². The van der Waals surface area contributed by atoms with Gasteiger partial charge in [-0.15, -0.1) is 0 Å². The highest BCUT2D eigenvalue weighted by molar-refractivity contribution is 6.63. The van der Waals surface area contributed by atoms with E-state index in [2.05, 4.69) is 0 Å². The number of anilines is 1. The number of phenols is 2. The van der Waals surface area contributed by atoms with Gasteiger partial charge in [-0.2, -0.15) is 0 Å². The lowest BCUT2D eigenvalue weighted by Crippen LogP contribution is -2.18. The predicted octanol–water partition coefficient (Wildman–Crippen LogP) is 0.265. The number of allylic oxidation sites excluding steroid dienone is 5. The molecule has 0 heterocycles. The van der Waals surface area contributed by atoms with Crippen molar-refractivity contribution in [3.8, 4) is 11.5 Å². The Labute approximate surface area is 145 Å². The number of nitrogen functional groups attached to an aromatic ring is 1. The Morgan fingerprint density at radius 3 is 1.81 bits per heavy atom. The van der Waals surface area contributed by atoms with Gasteiger partial charge < -0.3 is 31.9 Å². The van der Waals surface area contributed by atoms with Crippen LogP contribution < -0.4 is 11.5 Å². The number of Topliss-reactive ketones (excluding diaryl/α,β-unsaturated/α-hetero) is 2. The highest BCUT2D eigenvalue weighted by Gasteiger charge is 2.43. The van der Waals surface area contributed by atoms with Crippen LogP contribution in [0.15, 0.2) is 52.6 Å². The molecule has 9 nitrogen and oxygen atoms in total. The standard InChI is InChI=1S/C17H12N2O7/c18-5-1-7(20)11(8(21)2-5)13-15(24)14(17(26)16(13)25)12-9(22)3-6(19)4-10(12)23/h1-4,20-22,24H,18-19H2/b14-12+. The largest absolute Gasteiger partial charge is 0.507 e. The first kappa shape index (κ1) is 16.8. The van der Waals surface area contributed by atoms with E-state index in [0.717, 1.165) is 24.3 Å². The van der Waals surface area contributed by atoms with Crippen LogP contribution in [0.2, 0.25) is 0 Å². The van der Waals surface area contributed by atoms with Crippen molar-refractivity contribution in [3.63, 3.8) is 0 Å². The molecule has 0 saturated carbocycles. The summed E-state index contributed by atoms with van der Waals surface area (Å²) in [4.78, 5) is 36.7. The lowest BCUT2D eigenvalue weighted by atomic mass is 9.95. The topological polar surface area (TPSA) is 184 Å². The van der Waals surface area contributed by atoms with Crippen LogP contribution in [0.4, 0.5) is 5.69 Å². The van der Waals surface area contributed by atoms with Crippen molar-refractivity contribution in [3.05, 3.63) is 58.2 Å². The number of rotatable bonds is 1. The van der Waals surface area contributed by atoms with E-state index in [1.54, 1.807) is 0 Å². The van der Waals surface area contributed by atoms with E-state index in [-0.39, 0.29) is 11.4 Å². The minimum Gasteiger partial charge on any atom is -0.507 e. The molecule has 0 bridgehead atoms. The van der Waals surface area contributed by atoms with Gasteiger partial charge in [0.05, 0.1) is 22.3 Å². The summed E-state index contributed by atoms with van der Waals surface area (Å²) in [5.41, 5.74) is 8.18. The molecular formula is C17H12N2O7. The number of aromatic hydroxyl groups is 2. The minimum absolute atomic E-state index is 0.0251. The third kappa shape index (κ3) is 2.30. The Kier molecular flexibility index (Phi) is 3.57. The van der Waals surface area contributed by atoms with Crippen molar-refractivity contribution < 1.29 is 34.8 Å². The summed E-state index contributed by atoms with van der Waals surface area (Å²) in [5, 5.41) is 40.3. The zero-order chi connectivity index (χ0) is 19.3. The maximum Gasteiger partial charge on any atom is 0.238 e. The van der Waals surface area contributed by atoms with Crippen LogP contribution in [0.5, 0.6) is 11.5 Å². The van der Waals surface area contributed by atoms with Crippen LogP contribution in [0, 0.1) is 0 Å². The number of benzene rings is 1. The maximum absolute atomic E-state index is 12.3. The van der Waals surface area contributed by atoms with Gasteiger partial charge in [0.1, 0.15) is 23.0 Å². The second-order valence-electron chi connectivity index (χ2n) is 5.60. The fourth-order valence-corrected chi connectivity index (χ4v) is 2.79. The average molecular weight is 356 g/mol. The van der Waals surface area contributed by atoms with Crippen LogP contribution in [0.3, 0.4) is 0 Å². The number of carbonyl (C=O) groups excluding carboxylic acids is 3. The number of phenolic OH excluding ortho intramolecular Hbond substituents is 2. The number of hydrogen-bond acceptors (Lipinski definition) is 9. The van der Waals surface area contributed by atoms with Gasteiger partial charge in [-0.05, 0) is 0 Å². The summed E-state index contributed by atoms with van der Waals surface area (Å²) >= 11 is 0. The molecule has 0 fully saturated rings. The molecule has 0 saturated heterocycles. The molecule has 132 valence electrons. The molecule has 8 N–H and O–H groups in total. The first-order chi connectivity index (χ1) is 12.1. The summed E-state index contributed by atoms with van der Waals surface area (Å²) in [5.74, 6) is -6.44. The Bertz CT molecular complexity index is 1020. The Morgan fingerprint density at radius 1 is 0.731 bits per heavy atom. The van der Waals surface area contributed by atoms with Crippen LogP contribution in [0.1, 0.15) is 5.56 Å². The molecule has 0 radical (unpaired) electrons. The quantitative estimate of drug-likeness (QED) is 0.233. The van der Waals surface area contributed by atoms with E-state index in [4.69, 9.17) is 11.5 Å². The molecule has 0 amide bonds. The predicted molar refractivity (Wildman–Crippen MR) is 88.8 cm³/mol. The molecule has 0 spiro atoms. The summed E-state index contributed by atoms with van der Waals surface area (Å²) in [6, 6.07) is 2.01. The molecule has 1 aromatic carbocycles. The molecule has 0 aliphatic heterocycles. The van der Waals surface area contributed by atoms with E-state index < -0.39 is 62.6 Å². The van der Waals surface area contributed by atoms with Crippen molar-refractivity contribution in [2.75, 3.05) is 5.73 Å². The van der Waals surface area contributed by atoms with Crippen molar-refractivity contribution in [2.24, 2.45) is 5.73 Å². The SMILES string of the molecule is NC1=CC(=O)/C(=C2/C(=O)C(=O)C(c3c(O)cc(N)cc3O)=C2O)C(O)=C1. The molecular weight excluding hydrogens is 344 g/mol. The lowest BCUT2D eigenvalue weighted by Gasteiger charge is -2.12. The Hall–Kier alpha value is -4.01. The summed E-state index contributed by atoms with van der Waals surface area (Å²) in [7, 11) is 0. The molecule has 2 aliphatic rings. The number of aliphatic hydroxyl groups excluding tert-OH is 2. The molecule has 26 heavy (non-hydrogen) atoms. The van der Waals surface area contributed by atoms with Crippen LogP contribution >= 0.6 is 0 Å². The van der Waals surface area contributed by atoms with Crippen LogP contribution in [-0.4, -0.2) is 37.8 Å². The lowest BCUT2D eigenvalue weighted by molar-refractivity contribution is -0.130. The van der Waals surface area contributed by atoms with Crippen molar-refractivity contribution in [1.29, 1.82) is 0 Å². The van der Waals surface area contributed by atoms with Gasteiger partial charge in [-0.1, -0.05) is 0 Å². The fourth-order valence-electron chi connectivity index (χ4n) is 2.79. The second-order valence-corrected chi connectivity index (χ2v) is 5.60. The molecule has 9 heteroatoms. The second kappa shape index (κ2) is 5.52. The van der Waals surface area contributed by atoms with Gasteiger partial charge >= 0.3 is 0 Å². The average Bonchev–Trinajstić information content (AvgIpc) is 2.71. The van der Waals surface area contributed by atoms with E-state index in [9.17, 15) is 34.8 Å². The third-order valence-corrected chi connectivity index (χ3v) is 3.86. The van der Waals surface area contributed by atoms with Gasteiger partial charge in [0.2, 0.25) is 11.6 Å². The van der Waals surface area contributed by atoms with Gasteiger partial charge in [-0.3, -0.25) is 14.4 Å². The van der Waals surface area contributed by atoms with Crippen LogP contribution in [0.25, 0.3) is 5.57 Å². The van der Waals surface area contributed by atoms with E-state index in [1.165, 1.54) is 0 Å². The van der Waals surface area contributed by atoms with Gasteiger partial charge in [0, 0.05) is 35.7 Å². The molecule has 1 aromatic rings. The highest BCUT2D eigenvalue weighted by Crippen LogP contribution is 2.43. The molecule has 2 aliphatic carbocycles. The monoisotopic (exact) mass is 356 g/mol. The first-order valence-electron chi connectivity index (χ1n) is 7.14. The van der Waals surface area contributed by atoms with Crippen molar-refractivity contribution >= 4 is 28.6 Å². The van der Waals surface area contributed by atoms with Gasteiger partial charge in [0.25, 0.3) is 0 Å². The smallest absolute Gasteiger partial charge is 0.238 e. The number of nitrogens with two attached hydrogens (primary N) is 2. The summed E-state index contributed by atoms with van der Waals surface area (Å²) in [6.07, 6.45) is 1.88. The highest BCUT2D eigenvalue weighted by atomic mass is 16.3. The normalized spacial score (nSPS) is 20.5. The third-order valence-electron chi connectivity index (χ3n) is 3.86. The Morgan fingerprint density at radius 2 is 1.27 bits per heavy atom. The van der Waals surface area contributed by atoms with E-state index in [0.29, 0.717) is 0 Å². The number of ketones is 3. The van der Waals surface area contributed by atoms with Crippen molar-refractivity contribution in [1.82, 2.24) is 0 Å². The minimum atomic E-state index is -1.29. The fraction of sp³-hybridized carbons (Fsp3) is 0. The molecule has 0 atom stereocenters. The summed E-state index contributed by atoms with van der Waals surface area (Å²) < 4.78 is 0. The number of carbonyl (C=O) groups is 3. The van der Waals surface area contributed by atoms with Crippen molar-refractivity contribution in [2.45, 2.75) is 0 Å². The summed E-state index contributed by atoms with van der Waals surface area (Å²) in [6.45, 7) is 0. The van der Waals surface area contributed by atoms with E-state index >= 15 is 0 Å². The van der Waals surface area contributed by atoms with Gasteiger partial charge in [-0.25, -0.2) is 0 Å². The Balaban J connectivity index is 2.32. The zero-order valence-electron chi connectivity index (χ0n) is 13.0.